The Hall–Kier alpha value is -1.44. The minimum Gasteiger partial charge on any atom is -0.399 e. The summed E-state index contributed by atoms with van der Waals surface area (Å²) in [5.41, 5.74) is 5.26. The Morgan fingerprint density at radius 3 is 2.68 bits per heavy atom. The second-order valence-corrected chi connectivity index (χ2v) is 7.22. The summed E-state index contributed by atoms with van der Waals surface area (Å²) >= 11 is 1.41. The van der Waals surface area contributed by atoms with E-state index >= 15 is 0 Å². The number of nitrogens with zero attached hydrogens (tertiary/aromatic N) is 1. The maximum absolute atomic E-state index is 12.3. The average Bonchev–Trinajstić information content (AvgIpc) is 2.81. The van der Waals surface area contributed by atoms with Crippen LogP contribution in [0, 0.1) is 0 Å². The van der Waals surface area contributed by atoms with Crippen molar-refractivity contribution >= 4 is 27.0 Å². The van der Waals surface area contributed by atoms with Gasteiger partial charge in [0.1, 0.15) is 5.01 Å². The molecule has 0 aliphatic carbocycles. The van der Waals surface area contributed by atoms with Gasteiger partial charge in [0.2, 0.25) is 10.0 Å². The van der Waals surface area contributed by atoms with Gasteiger partial charge in [0, 0.05) is 17.3 Å². The molecule has 0 fully saturated rings. The van der Waals surface area contributed by atoms with E-state index in [0.29, 0.717) is 10.7 Å². The zero-order valence-electron chi connectivity index (χ0n) is 10.6. The standard InChI is InChI=1S/C12H15N3O2S2/c1-12(2,11-14-6-7-18-11)15-19(16,17)10-5-3-4-9(13)8-10/h3-8,15H,13H2,1-2H3. The minimum atomic E-state index is -3.63. The molecule has 0 aliphatic rings. The van der Waals surface area contributed by atoms with Gasteiger partial charge in [-0.15, -0.1) is 11.3 Å². The highest BCUT2D eigenvalue weighted by Crippen LogP contribution is 2.25. The number of benzene rings is 1. The SMILES string of the molecule is CC(C)(NS(=O)(=O)c1cccc(N)c1)c1nccs1. The molecule has 2 rings (SSSR count). The number of nitrogens with two attached hydrogens (primary N) is 1. The number of hydrogen-bond donors (Lipinski definition) is 2. The van der Waals surface area contributed by atoms with Crippen LogP contribution in [-0.2, 0) is 15.6 Å². The molecule has 0 radical (unpaired) electrons. The Kier molecular flexibility index (Phi) is 3.62. The zero-order chi connectivity index (χ0) is 14.1. The molecular formula is C12H15N3O2S2. The second kappa shape index (κ2) is 4.92. The van der Waals surface area contributed by atoms with Gasteiger partial charge in [0.05, 0.1) is 10.4 Å². The predicted octanol–water partition coefficient (Wildman–Crippen LogP) is 1.94. The summed E-state index contributed by atoms with van der Waals surface area (Å²) in [5, 5.41) is 2.52. The van der Waals surface area contributed by atoms with Crippen LogP contribution in [0.1, 0.15) is 18.9 Å². The molecule has 0 saturated carbocycles. The lowest BCUT2D eigenvalue weighted by atomic mass is 10.1. The van der Waals surface area contributed by atoms with Crippen molar-refractivity contribution in [2.24, 2.45) is 0 Å². The molecule has 0 amide bonds. The van der Waals surface area contributed by atoms with E-state index in [1.807, 2.05) is 5.38 Å². The van der Waals surface area contributed by atoms with E-state index in [1.54, 1.807) is 32.2 Å². The second-order valence-electron chi connectivity index (χ2n) is 4.64. The smallest absolute Gasteiger partial charge is 0.241 e. The quantitative estimate of drug-likeness (QED) is 0.845. The lowest BCUT2D eigenvalue weighted by Gasteiger charge is -2.23. The topological polar surface area (TPSA) is 85.1 Å². The highest BCUT2D eigenvalue weighted by molar-refractivity contribution is 7.89. The van der Waals surface area contributed by atoms with Gasteiger partial charge in [0.25, 0.3) is 0 Å². The highest BCUT2D eigenvalue weighted by Gasteiger charge is 2.30. The number of sulfonamides is 1. The average molecular weight is 297 g/mol. The fourth-order valence-electron chi connectivity index (χ4n) is 1.65. The first-order valence-corrected chi connectivity index (χ1v) is 7.97. The molecular weight excluding hydrogens is 282 g/mol. The van der Waals surface area contributed by atoms with E-state index in [-0.39, 0.29) is 4.90 Å². The first-order valence-electron chi connectivity index (χ1n) is 5.61. The van der Waals surface area contributed by atoms with Gasteiger partial charge in [-0.2, -0.15) is 4.72 Å². The van der Waals surface area contributed by atoms with Crippen molar-refractivity contribution in [2.75, 3.05) is 5.73 Å². The van der Waals surface area contributed by atoms with Crippen LogP contribution < -0.4 is 10.5 Å². The molecule has 0 bridgehead atoms. The first kappa shape index (κ1) is 14.0. The molecule has 0 aliphatic heterocycles. The van der Waals surface area contributed by atoms with Crippen molar-refractivity contribution < 1.29 is 8.42 Å². The third kappa shape index (κ3) is 3.12. The van der Waals surface area contributed by atoms with Gasteiger partial charge in [-0.05, 0) is 32.0 Å². The van der Waals surface area contributed by atoms with Crippen LogP contribution in [0.15, 0.2) is 40.7 Å². The van der Waals surface area contributed by atoms with Gasteiger partial charge < -0.3 is 5.73 Å². The van der Waals surface area contributed by atoms with Crippen LogP contribution in [-0.4, -0.2) is 13.4 Å². The molecule has 1 heterocycles. The van der Waals surface area contributed by atoms with Crippen LogP contribution >= 0.6 is 11.3 Å². The molecule has 0 atom stereocenters. The molecule has 0 spiro atoms. The Bertz CT molecular complexity index is 664. The third-order valence-electron chi connectivity index (χ3n) is 2.52. The van der Waals surface area contributed by atoms with Gasteiger partial charge in [-0.3, -0.25) is 0 Å². The summed E-state index contributed by atoms with van der Waals surface area (Å²) in [6.45, 7) is 3.55. The van der Waals surface area contributed by atoms with E-state index in [1.165, 1.54) is 23.5 Å². The molecule has 0 saturated heterocycles. The summed E-state index contributed by atoms with van der Waals surface area (Å²) in [4.78, 5) is 4.30. The van der Waals surface area contributed by atoms with E-state index in [4.69, 9.17) is 5.73 Å². The highest BCUT2D eigenvalue weighted by atomic mass is 32.2. The number of anilines is 1. The van der Waals surface area contributed by atoms with Gasteiger partial charge in [-0.25, -0.2) is 13.4 Å². The molecule has 102 valence electrons. The monoisotopic (exact) mass is 297 g/mol. The van der Waals surface area contributed by atoms with Gasteiger partial charge in [0.15, 0.2) is 0 Å². The lowest BCUT2D eigenvalue weighted by Crippen LogP contribution is -2.40. The van der Waals surface area contributed by atoms with Crippen LogP contribution in [0.3, 0.4) is 0 Å². The number of rotatable bonds is 4. The van der Waals surface area contributed by atoms with Crippen LogP contribution in [0.2, 0.25) is 0 Å². The van der Waals surface area contributed by atoms with Crippen molar-refractivity contribution in [1.29, 1.82) is 0 Å². The van der Waals surface area contributed by atoms with E-state index in [2.05, 4.69) is 9.71 Å². The fourth-order valence-corrected chi connectivity index (χ4v) is 3.87. The molecule has 3 N–H and O–H groups in total. The molecule has 1 aromatic carbocycles. The zero-order valence-corrected chi connectivity index (χ0v) is 12.3. The van der Waals surface area contributed by atoms with Gasteiger partial charge in [-0.1, -0.05) is 6.07 Å². The predicted molar refractivity (Wildman–Crippen MR) is 76.3 cm³/mol. The van der Waals surface area contributed by atoms with Crippen LogP contribution in [0.5, 0.6) is 0 Å². The van der Waals surface area contributed by atoms with E-state index < -0.39 is 15.6 Å². The summed E-state index contributed by atoms with van der Waals surface area (Å²) in [7, 11) is -3.63. The normalized spacial score (nSPS) is 12.5. The maximum Gasteiger partial charge on any atom is 0.241 e. The third-order valence-corrected chi connectivity index (χ3v) is 5.28. The summed E-state index contributed by atoms with van der Waals surface area (Å²) < 4.78 is 27.3. The van der Waals surface area contributed by atoms with Crippen LogP contribution in [0.25, 0.3) is 0 Å². The molecule has 19 heavy (non-hydrogen) atoms. The number of aromatic nitrogens is 1. The number of hydrogen-bond acceptors (Lipinski definition) is 5. The molecule has 1 aromatic heterocycles. The Morgan fingerprint density at radius 2 is 2.11 bits per heavy atom. The minimum absolute atomic E-state index is 0.150. The number of nitrogen functional groups attached to an aromatic ring is 1. The van der Waals surface area contributed by atoms with E-state index in [9.17, 15) is 8.42 Å². The number of nitrogens with one attached hydrogen (secondary N) is 1. The Labute approximate surface area is 116 Å². The van der Waals surface area contributed by atoms with E-state index in [0.717, 1.165) is 0 Å². The maximum atomic E-state index is 12.3. The van der Waals surface area contributed by atoms with Crippen molar-refractivity contribution in [3.63, 3.8) is 0 Å². The molecule has 5 nitrogen and oxygen atoms in total. The first-order chi connectivity index (χ1) is 8.81. The largest absolute Gasteiger partial charge is 0.399 e. The van der Waals surface area contributed by atoms with Crippen molar-refractivity contribution in [3.8, 4) is 0 Å². The van der Waals surface area contributed by atoms with Gasteiger partial charge >= 0.3 is 0 Å². The van der Waals surface area contributed by atoms with Crippen molar-refractivity contribution in [1.82, 2.24) is 9.71 Å². The summed E-state index contributed by atoms with van der Waals surface area (Å²) in [6, 6.07) is 6.20. The Morgan fingerprint density at radius 1 is 1.37 bits per heavy atom. The molecule has 0 unspecified atom stereocenters. The lowest BCUT2D eigenvalue weighted by molar-refractivity contribution is 0.470. The summed E-state index contributed by atoms with van der Waals surface area (Å²) in [5.74, 6) is 0. The molecule has 7 heteroatoms. The summed E-state index contributed by atoms with van der Waals surface area (Å²) in [6.07, 6.45) is 1.65. The fraction of sp³-hybridized carbons (Fsp3) is 0.250. The Balaban J connectivity index is 2.32. The van der Waals surface area contributed by atoms with Crippen LogP contribution in [0.4, 0.5) is 5.69 Å². The molecule has 2 aromatic rings. The van der Waals surface area contributed by atoms with Crippen molar-refractivity contribution in [3.05, 3.63) is 40.8 Å². The van der Waals surface area contributed by atoms with Crippen molar-refractivity contribution in [2.45, 2.75) is 24.3 Å². The number of thiazole rings is 1.